The van der Waals surface area contributed by atoms with E-state index in [0.29, 0.717) is 19.3 Å². The number of rotatable bonds is 59. The van der Waals surface area contributed by atoms with Gasteiger partial charge in [-0.15, -0.1) is 0 Å². The molecule has 77 heavy (non-hydrogen) atoms. The fourth-order valence-corrected chi connectivity index (χ4v) is 9.18. The van der Waals surface area contributed by atoms with Gasteiger partial charge in [-0.05, 0) is 103 Å². The minimum Gasteiger partial charge on any atom is -0.462 e. The highest BCUT2D eigenvalue weighted by atomic mass is 16.6. The molecule has 0 rings (SSSR count). The molecule has 0 fully saturated rings. The van der Waals surface area contributed by atoms with Crippen molar-refractivity contribution >= 4 is 17.9 Å². The zero-order valence-electron chi connectivity index (χ0n) is 50.7. The zero-order valence-corrected chi connectivity index (χ0v) is 50.7. The molecule has 6 nitrogen and oxygen atoms in total. The van der Waals surface area contributed by atoms with Crippen LogP contribution in [-0.2, 0) is 28.6 Å². The van der Waals surface area contributed by atoms with Crippen LogP contribution in [0, 0.1) is 0 Å². The average molecular weight is 1070 g/mol. The summed E-state index contributed by atoms with van der Waals surface area (Å²) in [5, 5.41) is 0. The van der Waals surface area contributed by atoms with Crippen molar-refractivity contribution in [2.75, 3.05) is 13.2 Å². The van der Waals surface area contributed by atoms with E-state index in [1.807, 2.05) is 0 Å². The Bertz CT molecular complexity index is 1510. The molecule has 0 aromatic heterocycles. The predicted octanol–water partition coefficient (Wildman–Crippen LogP) is 22.4. The highest BCUT2D eigenvalue weighted by Gasteiger charge is 2.19. The number of carbonyl (C=O) groups excluding carboxylic acids is 3. The molecule has 1 unspecified atom stereocenters. The molecular formula is C71H122O6. The van der Waals surface area contributed by atoms with Crippen LogP contribution in [0.5, 0.6) is 0 Å². The molecule has 0 N–H and O–H groups in total. The van der Waals surface area contributed by atoms with Crippen LogP contribution in [0.25, 0.3) is 0 Å². The summed E-state index contributed by atoms with van der Waals surface area (Å²) in [6, 6.07) is 0. The second-order valence-electron chi connectivity index (χ2n) is 21.6. The van der Waals surface area contributed by atoms with Crippen molar-refractivity contribution < 1.29 is 28.6 Å². The van der Waals surface area contributed by atoms with Crippen molar-refractivity contribution in [3.63, 3.8) is 0 Å². The molecule has 0 spiro atoms. The van der Waals surface area contributed by atoms with Gasteiger partial charge in [-0.1, -0.05) is 291 Å². The molecule has 0 radical (unpaired) electrons. The number of allylic oxidation sites excluding steroid dienone is 16. The van der Waals surface area contributed by atoms with Crippen LogP contribution in [0.3, 0.4) is 0 Å². The molecule has 0 aliphatic rings. The Balaban J connectivity index is 4.04. The summed E-state index contributed by atoms with van der Waals surface area (Å²) in [4.78, 5) is 38.0. The molecule has 0 bridgehead atoms. The lowest BCUT2D eigenvalue weighted by Crippen LogP contribution is -2.30. The first-order valence-corrected chi connectivity index (χ1v) is 32.7. The highest BCUT2D eigenvalue weighted by Crippen LogP contribution is 2.16. The molecule has 0 aromatic rings. The average Bonchev–Trinajstić information content (AvgIpc) is 3.43. The summed E-state index contributed by atoms with van der Waals surface area (Å²) in [6.07, 6.45) is 87.5. The van der Waals surface area contributed by atoms with Crippen LogP contribution >= 0.6 is 0 Å². The fraction of sp³-hybridized carbons (Fsp3) is 0.732. The van der Waals surface area contributed by atoms with E-state index in [0.717, 1.165) is 109 Å². The third-order valence-electron chi connectivity index (χ3n) is 14.1. The van der Waals surface area contributed by atoms with Crippen LogP contribution in [0.1, 0.15) is 316 Å². The van der Waals surface area contributed by atoms with Crippen molar-refractivity contribution in [1.82, 2.24) is 0 Å². The quantitative estimate of drug-likeness (QED) is 0.0261. The smallest absolute Gasteiger partial charge is 0.306 e. The van der Waals surface area contributed by atoms with Gasteiger partial charge >= 0.3 is 17.9 Å². The maximum Gasteiger partial charge on any atom is 0.306 e. The summed E-state index contributed by atoms with van der Waals surface area (Å²) in [5.41, 5.74) is 0. The van der Waals surface area contributed by atoms with Gasteiger partial charge in [0.05, 0.1) is 0 Å². The minimum atomic E-state index is -0.776. The number of hydrogen-bond donors (Lipinski definition) is 0. The third kappa shape index (κ3) is 63.0. The van der Waals surface area contributed by atoms with E-state index in [1.54, 1.807) is 0 Å². The van der Waals surface area contributed by atoms with E-state index < -0.39 is 6.10 Å². The van der Waals surface area contributed by atoms with Crippen molar-refractivity contribution in [3.05, 3.63) is 97.2 Å². The molecule has 442 valence electrons. The van der Waals surface area contributed by atoms with E-state index >= 15 is 0 Å². The van der Waals surface area contributed by atoms with Crippen LogP contribution in [-0.4, -0.2) is 37.2 Å². The summed E-state index contributed by atoms with van der Waals surface area (Å²) < 4.78 is 16.8. The summed E-state index contributed by atoms with van der Waals surface area (Å²) in [7, 11) is 0. The van der Waals surface area contributed by atoms with Crippen LogP contribution < -0.4 is 0 Å². The SMILES string of the molecule is CC/C=C\C/C=C\C/C=C\C/C=C\C/C=C\C/C=C\CCCCCCCCCCCCC(=O)OCC(COC(=O)CCCCCCC)OC(=O)CCCCCCCCCCCCCCC/C=C\C/C=C\CCCCCCC. The second kappa shape index (κ2) is 64.9. The van der Waals surface area contributed by atoms with Gasteiger partial charge in [0.1, 0.15) is 13.2 Å². The highest BCUT2D eigenvalue weighted by molar-refractivity contribution is 5.71. The Morgan fingerprint density at radius 1 is 0.273 bits per heavy atom. The first kappa shape index (κ1) is 73.3. The number of esters is 3. The van der Waals surface area contributed by atoms with Crippen LogP contribution in [0.2, 0.25) is 0 Å². The predicted molar refractivity (Wildman–Crippen MR) is 334 cm³/mol. The Kier molecular flexibility index (Phi) is 61.8. The standard InChI is InChI=1S/C71H122O6/c1-4-7-10-13-15-17-19-21-23-25-27-29-31-33-34-35-36-38-39-41-43-45-47-49-51-53-55-58-61-64-70(73)76-67-68(66-75-69(72)63-60-57-12-9-6-3)77-71(74)65-62-59-56-54-52-50-48-46-44-42-40-37-32-30-28-26-24-22-20-18-16-14-11-8-5-2/h7,10,15,17,20-23,26-29,33-34,36,38,68H,4-6,8-9,11-14,16,18-19,24-25,30-32,35,37,39-67H2,1-3H3/b10-7-,17-15-,22-20-,23-21-,28-26-,29-27-,34-33-,38-36-. The van der Waals surface area contributed by atoms with Crippen molar-refractivity contribution in [1.29, 1.82) is 0 Å². The maximum absolute atomic E-state index is 12.8. The van der Waals surface area contributed by atoms with Gasteiger partial charge in [-0.25, -0.2) is 0 Å². The molecule has 6 heteroatoms. The Labute approximate surface area is 477 Å². The maximum atomic E-state index is 12.8. The molecule has 0 saturated heterocycles. The zero-order chi connectivity index (χ0) is 55.7. The number of hydrogen-bond acceptors (Lipinski definition) is 6. The molecule has 0 heterocycles. The first-order valence-electron chi connectivity index (χ1n) is 32.7. The Hall–Kier alpha value is -3.67. The molecule has 1 atom stereocenters. The number of unbranched alkanes of at least 4 members (excludes halogenated alkanes) is 32. The first-order chi connectivity index (χ1) is 38.0. The number of ether oxygens (including phenoxy) is 3. The topological polar surface area (TPSA) is 78.9 Å². The normalized spacial score (nSPS) is 12.7. The van der Waals surface area contributed by atoms with Gasteiger partial charge in [0, 0.05) is 19.3 Å². The van der Waals surface area contributed by atoms with Gasteiger partial charge in [-0.3, -0.25) is 14.4 Å². The van der Waals surface area contributed by atoms with Gasteiger partial charge in [-0.2, -0.15) is 0 Å². The molecular weight excluding hydrogens is 949 g/mol. The van der Waals surface area contributed by atoms with Crippen LogP contribution in [0.4, 0.5) is 0 Å². The lowest BCUT2D eigenvalue weighted by atomic mass is 10.0. The summed E-state index contributed by atoms with van der Waals surface area (Å²) in [6.45, 7) is 6.45. The Morgan fingerprint density at radius 2 is 0.506 bits per heavy atom. The molecule has 0 saturated carbocycles. The van der Waals surface area contributed by atoms with E-state index in [1.165, 1.54) is 167 Å². The molecule has 0 aliphatic carbocycles. The van der Waals surface area contributed by atoms with E-state index in [4.69, 9.17) is 14.2 Å². The lowest BCUT2D eigenvalue weighted by molar-refractivity contribution is -0.167. The van der Waals surface area contributed by atoms with Gasteiger partial charge < -0.3 is 14.2 Å². The lowest BCUT2D eigenvalue weighted by Gasteiger charge is -2.18. The van der Waals surface area contributed by atoms with E-state index in [-0.39, 0.29) is 31.1 Å². The third-order valence-corrected chi connectivity index (χ3v) is 14.1. The monoisotopic (exact) mass is 1070 g/mol. The van der Waals surface area contributed by atoms with Crippen LogP contribution in [0.15, 0.2) is 97.2 Å². The summed E-state index contributed by atoms with van der Waals surface area (Å²) >= 11 is 0. The van der Waals surface area contributed by atoms with Crippen molar-refractivity contribution in [2.24, 2.45) is 0 Å². The number of carbonyl (C=O) groups is 3. The second-order valence-corrected chi connectivity index (χ2v) is 21.6. The van der Waals surface area contributed by atoms with Gasteiger partial charge in [0.2, 0.25) is 0 Å². The van der Waals surface area contributed by atoms with Crippen molar-refractivity contribution in [2.45, 2.75) is 322 Å². The summed E-state index contributed by atoms with van der Waals surface area (Å²) in [5.74, 6) is -0.888. The van der Waals surface area contributed by atoms with E-state index in [9.17, 15) is 14.4 Å². The Morgan fingerprint density at radius 3 is 0.792 bits per heavy atom. The fourth-order valence-electron chi connectivity index (χ4n) is 9.18. The van der Waals surface area contributed by atoms with Gasteiger partial charge in [0.25, 0.3) is 0 Å². The molecule has 0 aromatic carbocycles. The van der Waals surface area contributed by atoms with Gasteiger partial charge in [0.15, 0.2) is 6.10 Å². The van der Waals surface area contributed by atoms with E-state index in [2.05, 4.69) is 118 Å². The molecule has 0 aliphatic heterocycles. The minimum absolute atomic E-state index is 0.0778. The van der Waals surface area contributed by atoms with Crippen molar-refractivity contribution in [3.8, 4) is 0 Å². The largest absolute Gasteiger partial charge is 0.462 e. The molecule has 0 amide bonds.